The van der Waals surface area contributed by atoms with E-state index in [0.717, 1.165) is 27.8 Å². The molecule has 29 heavy (non-hydrogen) atoms. The van der Waals surface area contributed by atoms with Crippen LogP contribution in [0.5, 0.6) is 0 Å². The van der Waals surface area contributed by atoms with Crippen molar-refractivity contribution >= 4 is 43.0 Å². The summed E-state index contributed by atoms with van der Waals surface area (Å²) in [6.07, 6.45) is 3.43. The predicted molar refractivity (Wildman–Crippen MR) is 120 cm³/mol. The van der Waals surface area contributed by atoms with Crippen LogP contribution in [0.15, 0.2) is 60.9 Å². The van der Waals surface area contributed by atoms with Crippen LogP contribution in [0.1, 0.15) is 0 Å². The third-order valence-electron chi connectivity index (χ3n) is 4.34. The summed E-state index contributed by atoms with van der Waals surface area (Å²) >= 11 is -2.16. The number of aromatic amines is 1. The molecule has 3 aromatic heterocycles. The fourth-order valence-corrected chi connectivity index (χ4v) is 4.34. The van der Waals surface area contributed by atoms with E-state index in [2.05, 4.69) is 20.3 Å². The summed E-state index contributed by atoms with van der Waals surface area (Å²) in [7, 11) is 0. The first-order valence-corrected chi connectivity index (χ1v) is 13.4. The number of H-pyrrole nitrogens is 1. The fraction of sp³-hybridized carbons (Fsp3) is 0.0952. The summed E-state index contributed by atoms with van der Waals surface area (Å²) in [6.45, 7) is 0. The number of pyridine rings is 2. The van der Waals surface area contributed by atoms with E-state index in [-0.39, 0.29) is 16.2 Å². The van der Waals surface area contributed by atoms with Crippen molar-refractivity contribution in [2.75, 3.05) is 14.7 Å². The van der Waals surface area contributed by atoms with Gasteiger partial charge in [0, 0.05) is 0 Å². The van der Waals surface area contributed by atoms with E-state index in [9.17, 15) is 12.6 Å². The van der Waals surface area contributed by atoms with Crippen LogP contribution in [-0.4, -0.2) is 33.7 Å². The molecule has 0 unspecified atom stereocenters. The van der Waals surface area contributed by atoms with Crippen molar-refractivity contribution in [2.45, 2.75) is 0 Å². The fourth-order valence-electron chi connectivity index (χ4n) is 3.14. The van der Waals surface area contributed by atoms with Gasteiger partial charge in [0.05, 0.1) is 0 Å². The predicted octanol–water partition coefficient (Wildman–Crippen LogP) is 4.41. The van der Waals surface area contributed by atoms with Gasteiger partial charge in [-0.2, -0.15) is 0 Å². The summed E-state index contributed by atoms with van der Waals surface area (Å²) < 4.78 is 23.1. The van der Waals surface area contributed by atoms with Crippen molar-refractivity contribution < 1.29 is 12.6 Å². The molecule has 4 aromatic rings. The summed E-state index contributed by atoms with van der Waals surface area (Å²) in [5.41, 5.74) is 4.11. The number of alkyl halides is 2. The Morgan fingerprint density at radius 2 is 1.83 bits per heavy atom. The number of nitrogens with zero attached hydrogens (tertiary/aromatic N) is 2. The summed E-state index contributed by atoms with van der Waals surface area (Å²) in [5.74, 6) is -0.138. The molecular weight excluding hydrogens is 486 g/mol. The first kappa shape index (κ1) is 19.5. The van der Waals surface area contributed by atoms with Gasteiger partial charge >= 0.3 is 170 Å². The molecule has 8 heteroatoms. The second-order valence-electron chi connectivity index (χ2n) is 6.45. The molecule has 0 aliphatic rings. The number of anilines is 1. The van der Waals surface area contributed by atoms with Crippen molar-refractivity contribution in [3.05, 3.63) is 66.7 Å². The number of amides is 1. The topological polar surface area (TPSA) is 90.9 Å². The molecule has 0 saturated heterocycles. The van der Waals surface area contributed by atoms with E-state index in [1.807, 2.05) is 18.2 Å². The van der Waals surface area contributed by atoms with E-state index >= 15 is 0 Å². The normalized spacial score (nSPS) is 11.5. The van der Waals surface area contributed by atoms with Crippen molar-refractivity contribution in [1.82, 2.24) is 15.0 Å². The summed E-state index contributed by atoms with van der Waals surface area (Å²) in [5, 5.41) is 3.61. The second kappa shape index (κ2) is 8.26. The van der Waals surface area contributed by atoms with E-state index in [1.54, 1.807) is 35.5 Å². The Bertz CT molecular complexity index is 1160. The van der Waals surface area contributed by atoms with Crippen molar-refractivity contribution in [3.8, 4) is 22.4 Å². The van der Waals surface area contributed by atoms with Gasteiger partial charge in [0.2, 0.25) is 0 Å². The molecule has 0 fully saturated rings. The summed E-state index contributed by atoms with van der Waals surface area (Å²) in [4.78, 5) is 25.6. The molecule has 0 aliphatic heterocycles. The van der Waals surface area contributed by atoms with Gasteiger partial charge in [0.1, 0.15) is 0 Å². The number of nitrogens with one attached hydrogen (secondary N) is 2. The molecule has 0 radical (unpaired) electrons. The van der Waals surface area contributed by atoms with Gasteiger partial charge in [-0.1, -0.05) is 0 Å². The molecule has 3 heterocycles. The van der Waals surface area contributed by atoms with Crippen LogP contribution in [0.2, 0.25) is 0 Å². The molecule has 0 atom stereocenters. The number of hydrogen-bond acceptors (Lipinski definition) is 4. The monoisotopic (exact) mass is 504 g/mol. The molecule has 0 spiro atoms. The van der Waals surface area contributed by atoms with E-state index < -0.39 is 20.2 Å². The molecule has 1 amide bonds. The molecule has 4 rings (SSSR count). The Morgan fingerprint density at radius 3 is 2.52 bits per heavy atom. The minimum absolute atomic E-state index is 0.150. The van der Waals surface area contributed by atoms with Crippen LogP contribution in [0.25, 0.3) is 33.4 Å². The molecule has 0 bridgehead atoms. The zero-order valence-corrected chi connectivity index (χ0v) is 17.6. The van der Waals surface area contributed by atoms with Gasteiger partial charge in [-0.15, -0.1) is 0 Å². The number of carbonyl (C=O) groups is 1. The number of halogens is 2. The zero-order chi connectivity index (χ0) is 20.4. The van der Waals surface area contributed by atoms with Crippen LogP contribution >= 0.6 is 20.2 Å². The number of hydrogen-bond donors (Lipinski definition) is 3. The average Bonchev–Trinajstić information content (AvgIpc) is 3.07. The van der Waals surface area contributed by atoms with Gasteiger partial charge in [0.25, 0.3) is 0 Å². The van der Waals surface area contributed by atoms with Crippen molar-refractivity contribution in [2.24, 2.45) is 0 Å². The third-order valence-corrected chi connectivity index (χ3v) is 6.14. The number of fused-ring (bicyclic) bond motifs is 1. The molecular formula is C21H18FIN4O2. The number of rotatable bonds is 5. The Labute approximate surface area is 174 Å². The first-order chi connectivity index (χ1) is 14.0. The van der Waals surface area contributed by atoms with Crippen molar-refractivity contribution in [3.63, 3.8) is 0 Å². The van der Waals surface area contributed by atoms with Gasteiger partial charge in [-0.05, 0) is 0 Å². The quantitative estimate of drug-likeness (QED) is 0.278. The maximum absolute atomic E-state index is 13.4. The van der Waals surface area contributed by atoms with E-state index in [0.29, 0.717) is 11.5 Å². The third kappa shape index (κ3) is 4.28. The SMILES string of the molecule is CI(O)CC(=O)Nc1ccc2c(-c3ccncc3)c(-c3ccc(F)cc3)[nH]c2n1. The Kier molecular flexibility index (Phi) is 5.54. The van der Waals surface area contributed by atoms with Crippen LogP contribution < -0.4 is 5.32 Å². The van der Waals surface area contributed by atoms with Gasteiger partial charge in [-0.25, -0.2) is 4.39 Å². The standard InChI is InChI=1S/C21H18FIN4O2/c1-23(29)12-18(28)25-17-7-6-16-19(13-8-10-24-11-9-13)20(27-21(16)26-17)14-2-4-15(22)5-3-14/h2-11,29H,12H2,1H3,(H2,25,26,27,28). The number of aromatic nitrogens is 3. The zero-order valence-electron chi connectivity index (χ0n) is 15.5. The van der Waals surface area contributed by atoms with Gasteiger partial charge in [-0.3, -0.25) is 0 Å². The Balaban J connectivity index is 1.82. The minimum atomic E-state index is -2.16. The molecule has 148 valence electrons. The average molecular weight is 504 g/mol. The van der Waals surface area contributed by atoms with E-state index in [1.165, 1.54) is 12.1 Å². The molecule has 3 N–H and O–H groups in total. The van der Waals surface area contributed by atoms with Crippen LogP contribution in [0, 0.1) is 5.82 Å². The number of benzene rings is 1. The van der Waals surface area contributed by atoms with Gasteiger partial charge in [0.15, 0.2) is 0 Å². The Hall–Kier alpha value is -2.85. The first-order valence-electron chi connectivity index (χ1n) is 8.75. The Morgan fingerprint density at radius 1 is 1.10 bits per heavy atom. The number of carbonyl (C=O) groups excluding carboxylic acids is 1. The second-order valence-corrected chi connectivity index (χ2v) is 10.4. The van der Waals surface area contributed by atoms with Crippen LogP contribution in [-0.2, 0) is 4.79 Å². The molecule has 6 nitrogen and oxygen atoms in total. The van der Waals surface area contributed by atoms with E-state index in [4.69, 9.17) is 0 Å². The van der Waals surface area contributed by atoms with Gasteiger partial charge < -0.3 is 0 Å². The molecule has 0 saturated carbocycles. The molecule has 1 aromatic carbocycles. The van der Waals surface area contributed by atoms with Crippen molar-refractivity contribution in [1.29, 1.82) is 0 Å². The maximum atomic E-state index is 13.4. The van der Waals surface area contributed by atoms with Crippen LogP contribution in [0.3, 0.4) is 0 Å². The van der Waals surface area contributed by atoms with Crippen LogP contribution in [0.4, 0.5) is 10.2 Å². The summed E-state index contributed by atoms with van der Waals surface area (Å²) in [6, 6.07) is 13.7. The molecule has 0 aliphatic carbocycles.